The Morgan fingerprint density at radius 3 is 1.67 bits per heavy atom. The summed E-state index contributed by atoms with van der Waals surface area (Å²) in [5.41, 5.74) is 2.72. The number of hydrogen-bond acceptors (Lipinski definition) is 4. The van der Waals surface area contributed by atoms with Gasteiger partial charge in [0.2, 0.25) is 0 Å². The molecule has 2 aromatic carbocycles. The summed E-state index contributed by atoms with van der Waals surface area (Å²) >= 11 is 0. The van der Waals surface area contributed by atoms with Crippen LogP contribution in [0.2, 0.25) is 0 Å². The maximum absolute atomic E-state index is 13.5. The van der Waals surface area contributed by atoms with Crippen molar-refractivity contribution in [3.8, 4) is 17.2 Å². The van der Waals surface area contributed by atoms with Crippen LogP contribution in [-0.2, 0) is 6.42 Å². The van der Waals surface area contributed by atoms with Crippen LogP contribution in [0, 0.1) is 0 Å². The Kier molecular flexibility index (Phi) is 14.8. The molecule has 0 N–H and O–H groups in total. The van der Waals surface area contributed by atoms with Gasteiger partial charge in [0.15, 0.2) is 5.78 Å². The molecule has 0 aliphatic heterocycles. The summed E-state index contributed by atoms with van der Waals surface area (Å²) in [7, 11) is 0. The molecular formula is C35H52O4. The number of ketones is 1. The molecule has 2 aromatic rings. The van der Waals surface area contributed by atoms with Gasteiger partial charge in [-0.05, 0) is 86.9 Å². The number of carbonyl (C=O) groups is 1. The standard InChI is InChI=1S/C35H52O4/c1-8-15-29(12-5)37-32-23-28(24-33(25-32)38-30(13-6)16-9-2)34(36)20-19-27-22-26(11-4)18-21-35(27)39-31(14-7)17-10-3/h18-25,29-31H,8-17H2,1-7H3. The van der Waals surface area contributed by atoms with Crippen LogP contribution in [0.1, 0.15) is 128 Å². The van der Waals surface area contributed by atoms with Crippen molar-refractivity contribution in [3.05, 3.63) is 59.2 Å². The van der Waals surface area contributed by atoms with Gasteiger partial charge in [-0.15, -0.1) is 0 Å². The van der Waals surface area contributed by atoms with E-state index in [1.54, 1.807) is 6.08 Å². The molecule has 3 atom stereocenters. The number of benzene rings is 2. The van der Waals surface area contributed by atoms with Crippen LogP contribution in [-0.4, -0.2) is 24.1 Å². The molecule has 0 spiro atoms. The van der Waals surface area contributed by atoms with Gasteiger partial charge in [-0.1, -0.05) is 73.8 Å². The lowest BCUT2D eigenvalue weighted by Crippen LogP contribution is -2.17. The van der Waals surface area contributed by atoms with E-state index < -0.39 is 0 Å². The molecular weight excluding hydrogens is 484 g/mol. The number of ether oxygens (including phenoxy) is 3. The minimum atomic E-state index is -0.0779. The van der Waals surface area contributed by atoms with Gasteiger partial charge >= 0.3 is 0 Å². The molecule has 4 heteroatoms. The molecule has 0 saturated heterocycles. The highest BCUT2D eigenvalue weighted by molar-refractivity contribution is 6.07. The molecule has 4 nitrogen and oxygen atoms in total. The molecule has 216 valence electrons. The third-order valence-corrected chi connectivity index (χ3v) is 7.16. The van der Waals surface area contributed by atoms with Crippen LogP contribution in [0.4, 0.5) is 0 Å². The van der Waals surface area contributed by atoms with Gasteiger partial charge in [0.1, 0.15) is 17.2 Å². The largest absolute Gasteiger partial charge is 0.490 e. The zero-order chi connectivity index (χ0) is 28.6. The second-order valence-electron chi connectivity index (χ2n) is 10.4. The molecule has 0 amide bonds. The molecule has 0 aliphatic rings. The molecule has 0 saturated carbocycles. The number of allylic oxidation sites excluding steroid dienone is 1. The van der Waals surface area contributed by atoms with E-state index in [-0.39, 0.29) is 24.1 Å². The lowest BCUT2D eigenvalue weighted by molar-refractivity contribution is 0.104. The molecule has 0 heterocycles. The number of aryl methyl sites for hydroxylation is 1. The zero-order valence-corrected chi connectivity index (χ0v) is 25.6. The monoisotopic (exact) mass is 536 g/mol. The average Bonchev–Trinajstić information content (AvgIpc) is 2.95. The van der Waals surface area contributed by atoms with Crippen molar-refractivity contribution in [1.82, 2.24) is 0 Å². The Labute approximate surface area is 238 Å². The van der Waals surface area contributed by atoms with E-state index >= 15 is 0 Å². The first-order chi connectivity index (χ1) is 18.9. The minimum absolute atomic E-state index is 0.0779. The maximum atomic E-state index is 13.5. The fourth-order valence-electron chi connectivity index (χ4n) is 4.74. The lowest BCUT2D eigenvalue weighted by atomic mass is 10.0. The van der Waals surface area contributed by atoms with E-state index in [9.17, 15) is 4.79 Å². The normalized spacial score (nSPS) is 13.7. The van der Waals surface area contributed by atoms with Crippen LogP contribution < -0.4 is 14.2 Å². The van der Waals surface area contributed by atoms with E-state index in [0.29, 0.717) is 17.1 Å². The minimum Gasteiger partial charge on any atom is -0.490 e. The van der Waals surface area contributed by atoms with Crippen molar-refractivity contribution < 1.29 is 19.0 Å². The summed E-state index contributed by atoms with van der Waals surface area (Å²) in [6.45, 7) is 15.1. The summed E-state index contributed by atoms with van der Waals surface area (Å²) in [4.78, 5) is 13.5. The van der Waals surface area contributed by atoms with Crippen molar-refractivity contribution in [2.75, 3.05) is 0 Å². The molecule has 0 aromatic heterocycles. The number of hydrogen-bond donors (Lipinski definition) is 0. The third kappa shape index (κ3) is 10.7. The number of carbonyl (C=O) groups excluding carboxylic acids is 1. The Balaban J connectivity index is 2.40. The smallest absolute Gasteiger partial charge is 0.186 e. The summed E-state index contributed by atoms with van der Waals surface area (Å²) in [6, 6.07) is 11.9. The topological polar surface area (TPSA) is 44.8 Å². The molecule has 0 fully saturated rings. The average molecular weight is 537 g/mol. The van der Waals surface area contributed by atoms with Gasteiger partial charge in [0, 0.05) is 17.2 Å². The van der Waals surface area contributed by atoms with Gasteiger partial charge in [0.05, 0.1) is 18.3 Å². The molecule has 0 aliphatic carbocycles. The van der Waals surface area contributed by atoms with E-state index in [1.165, 1.54) is 5.56 Å². The Hall–Kier alpha value is -2.75. The van der Waals surface area contributed by atoms with Gasteiger partial charge in [0.25, 0.3) is 0 Å². The first-order valence-corrected chi connectivity index (χ1v) is 15.4. The van der Waals surface area contributed by atoms with Gasteiger partial charge < -0.3 is 14.2 Å². The van der Waals surface area contributed by atoms with Crippen molar-refractivity contribution in [1.29, 1.82) is 0 Å². The van der Waals surface area contributed by atoms with Crippen LogP contribution >= 0.6 is 0 Å². The lowest BCUT2D eigenvalue weighted by Gasteiger charge is -2.21. The Morgan fingerprint density at radius 2 is 1.21 bits per heavy atom. The van der Waals surface area contributed by atoms with Crippen molar-refractivity contribution in [2.24, 2.45) is 0 Å². The number of rotatable bonds is 19. The van der Waals surface area contributed by atoms with Crippen molar-refractivity contribution >= 4 is 11.9 Å². The summed E-state index contributed by atoms with van der Waals surface area (Å²) in [5.74, 6) is 2.13. The highest BCUT2D eigenvalue weighted by Crippen LogP contribution is 2.29. The quantitative estimate of drug-likeness (QED) is 0.132. The fourth-order valence-corrected chi connectivity index (χ4v) is 4.74. The second kappa shape index (κ2) is 17.8. The van der Waals surface area contributed by atoms with Crippen LogP contribution in [0.5, 0.6) is 17.2 Å². The van der Waals surface area contributed by atoms with Gasteiger partial charge in [-0.25, -0.2) is 0 Å². The highest BCUT2D eigenvalue weighted by Gasteiger charge is 2.15. The van der Waals surface area contributed by atoms with Crippen molar-refractivity contribution in [2.45, 2.75) is 131 Å². The van der Waals surface area contributed by atoms with Crippen molar-refractivity contribution in [3.63, 3.8) is 0 Å². The summed E-state index contributed by atoms with van der Waals surface area (Å²) in [5, 5.41) is 0. The predicted molar refractivity (Wildman–Crippen MR) is 164 cm³/mol. The summed E-state index contributed by atoms with van der Waals surface area (Å²) in [6.07, 6.45) is 13.8. The van der Waals surface area contributed by atoms with Gasteiger partial charge in [-0.3, -0.25) is 4.79 Å². The molecule has 0 radical (unpaired) electrons. The molecule has 39 heavy (non-hydrogen) atoms. The highest BCUT2D eigenvalue weighted by atomic mass is 16.5. The predicted octanol–water partition coefficient (Wildman–Crippen LogP) is 10.0. The second-order valence-corrected chi connectivity index (χ2v) is 10.4. The van der Waals surface area contributed by atoms with Crippen LogP contribution in [0.15, 0.2) is 42.5 Å². The van der Waals surface area contributed by atoms with E-state index in [4.69, 9.17) is 14.2 Å². The SMILES string of the molecule is CCCC(CC)Oc1cc(OC(CC)CCC)cc(C(=O)C=Cc2cc(CC)ccc2OC(CC)CCC)c1. The van der Waals surface area contributed by atoms with Gasteiger partial charge in [-0.2, -0.15) is 0 Å². The first kappa shape index (κ1) is 32.5. The van der Waals surface area contributed by atoms with E-state index in [1.807, 2.05) is 30.3 Å². The zero-order valence-electron chi connectivity index (χ0n) is 25.6. The molecule has 0 bridgehead atoms. The van der Waals surface area contributed by atoms with Crippen LogP contribution in [0.3, 0.4) is 0 Å². The Morgan fingerprint density at radius 1 is 0.692 bits per heavy atom. The molecule has 2 rings (SSSR count). The fraction of sp³-hybridized carbons (Fsp3) is 0.571. The maximum Gasteiger partial charge on any atom is 0.186 e. The first-order valence-electron chi connectivity index (χ1n) is 15.4. The summed E-state index contributed by atoms with van der Waals surface area (Å²) < 4.78 is 19.0. The molecule has 3 unspecified atom stereocenters. The van der Waals surface area contributed by atoms with E-state index in [0.717, 1.165) is 75.5 Å². The third-order valence-electron chi connectivity index (χ3n) is 7.16. The van der Waals surface area contributed by atoms with E-state index in [2.05, 4.69) is 60.6 Å². The Bertz CT molecular complexity index is 991. The van der Waals surface area contributed by atoms with Crippen LogP contribution in [0.25, 0.3) is 6.08 Å².